The molecule has 0 atom stereocenters. The van der Waals surface area contributed by atoms with Crippen LogP contribution in [0.1, 0.15) is 68.2 Å². The molecule has 0 saturated heterocycles. The Morgan fingerprint density at radius 3 is 2.68 bits per heavy atom. The Balaban J connectivity index is 1.80. The Morgan fingerprint density at radius 1 is 1.37 bits per heavy atom. The zero-order valence-corrected chi connectivity index (χ0v) is 12.9. The van der Waals surface area contributed by atoms with Crippen LogP contribution in [0.4, 0.5) is 0 Å². The van der Waals surface area contributed by atoms with Crippen LogP contribution in [0.15, 0.2) is 6.20 Å². The van der Waals surface area contributed by atoms with E-state index in [1.807, 2.05) is 31.4 Å². The molecule has 1 aliphatic rings. The first-order chi connectivity index (χ1) is 9.17. The first-order valence-electron chi connectivity index (χ1n) is 7.54. The molecule has 0 aromatic carbocycles. The number of hydrogen-bond acceptors (Lipinski definition) is 4. The smallest absolute Gasteiger partial charge is 0.0959 e. The maximum atomic E-state index is 10.2. The Labute approximate surface area is 120 Å². The highest BCUT2D eigenvalue weighted by Gasteiger charge is 2.22. The van der Waals surface area contributed by atoms with Gasteiger partial charge in [-0.1, -0.05) is 26.7 Å². The number of thiazole rings is 1. The van der Waals surface area contributed by atoms with Crippen LogP contribution in [0.25, 0.3) is 0 Å². The second-order valence-corrected chi connectivity index (χ2v) is 6.83. The summed E-state index contributed by atoms with van der Waals surface area (Å²) in [5, 5.41) is 14.9. The van der Waals surface area contributed by atoms with Crippen molar-refractivity contribution < 1.29 is 5.11 Å². The molecule has 19 heavy (non-hydrogen) atoms. The molecular weight excluding hydrogens is 256 g/mol. The molecule has 1 aliphatic carbocycles. The van der Waals surface area contributed by atoms with Crippen molar-refractivity contribution in [1.82, 2.24) is 10.3 Å². The third-order valence-corrected chi connectivity index (χ3v) is 5.51. The van der Waals surface area contributed by atoms with Gasteiger partial charge in [-0.2, -0.15) is 0 Å². The van der Waals surface area contributed by atoms with E-state index in [1.165, 1.54) is 35.6 Å². The van der Waals surface area contributed by atoms with Gasteiger partial charge in [0.15, 0.2) is 0 Å². The van der Waals surface area contributed by atoms with E-state index in [9.17, 15) is 5.11 Å². The zero-order valence-electron chi connectivity index (χ0n) is 12.1. The average Bonchev–Trinajstić information content (AvgIpc) is 3.09. The number of aromatic nitrogens is 1. The molecule has 108 valence electrons. The Morgan fingerprint density at radius 2 is 2.05 bits per heavy atom. The number of nitrogens with one attached hydrogen (secondary N) is 1. The van der Waals surface area contributed by atoms with E-state index in [4.69, 9.17) is 0 Å². The van der Waals surface area contributed by atoms with Crippen LogP contribution in [-0.4, -0.2) is 22.2 Å². The van der Waals surface area contributed by atoms with Gasteiger partial charge in [0.1, 0.15) is 0 Å². The van der Waals surface area contributed by atoms with E-state index in [-0.39, 0.29) is 0 Å². The molecule has 1 fully saturated rings. The SMILES string of the molecule is CCC(O)(CC)CNCc1cnc(C2CCCC2)s1. The fraction of sp³-hybridized carbons (Fsp3) is 0.800. The average molecular weight is 282 g/mol. The molecule has 1 heterocycles. The monoisotopic (exact) mass is 282 g/mol. The highest BCUT2D eigenvalue weighted by atomic mass is 32.1. The van der Waals surface area contributed by atoms with E-state index < -0.39 is 5.60 Å². The summed E-state index contributed by atoms with van der Waals surface area (Å²) in [5.41, 5.74) is -0.557. The maximum Gasteiger partial charge on any atom is 0.0959 e. The van der Waals surface area contributed by atoms with Crippen LogP contribution in [0.3, 0.4) is 0 Å². The summed E-state index contributed by atoms with van der Waals surface area (Å²) in [5.74, 6) is 0.710. The van der Waals surface area contributed by atoms with E-state index in [0.29, 0.717) is 12.5 Å². The summed E-state index contributed by atoms with van der Waals surface area (Å²) in [6, 6.07) is 0. The number of nitrogens with zero attached hydrogens (tertiary/aromatic N) is 1. The first kappa shape index (κ1) is 14.9. The van der Waals surface area contributed by atoms with Gasteiger partial charge in [0.05, 0.1) is 10.6 Å². The lowest BCUT2D eigenvalue weighted by atomic mass is 9.98. The maximum absolute atomic E-state index is 10.2. The molecular formula is C15H26N2OS. The third-order valence-electron chi connectivity index (χ3n) is 4.35. The zero-order chi connectivity index (χ0) is 13.7. The molecule has 0 aliphatic heterocycles. The summed E-state index contributed by atoms with van der Waals surface area (Å²) in [4.78, 5) is 5.86. The summed E-state index contributed by atoms with van der Waals surface area (Å²) >= 11 is 1.84. The highest BCUT2D eigenvalue weighted by Crippen LogP contribution is 2.35. The topological polar surface area (TPSA) is 45.1 Å². The Hall–Kier alpha value is -0.450. The van der Waals surface area contributed by atoms with Crippen molar-refractivity contribution in [3.63, 3.8) is 0 Å². The predicted octanol–water partition coefficient (Wildman–Crippen LogP) is 3.44. The summed E-state index contributed by atoms with van der Waals surface area (Å²) < 4.78 is 0. The lowest BCUT2D eigenvalue weighted by molar-refractivity contribution is 0.0323. The van der Waals surface area contributed by atoms with Gasteiger partial charge in [0.25, 0.3) is 0 Å². The molecule has 1 saturated carbocycles. The van der Waals surface area contributed by atoms with Crippen LogP contribution in [0, 0.1) is 0 Å². The van der Waals surface area contributed by atoms with Crippen molar-refractivity contribution >= 4 is 11.3 Å². The standard InChI is InChI=1S/C15H26N2OS/c1-3-15(18,4-2)11-16-9-13-10-17-14(19-13)12-7-5-6-8-12/h10,12,16,18H,3-9,11H2,1-2H3. The number of aliphatic hydroxyl groups is 1. The molecule has 1 aromatic heterocycles. The summed E-state index contributed by atoms with van der Waals surface area (Å²) in [6.45, 7) is 5.56. The molecule has 0 bridgehead atoms. The van der Waals surface area contributed by atoms with Crippen molar-refractivity contribution in [2.45, 2.75) is 70.4 Å². The lowest BCUT2D eigenvalue weighted by Crippen LogP contribution is -2.39. The lowest BCUT2D eigenvalue weighted by Gasteiger charge is -2.25. The molecule has 0 spiro atoms. The van der Waals surface area contributed by atoms with E-state index in [2.05, 4.69) is 10.3 Å². The fourth-order valence-corrected chi connectivity index (χ4v) is 3.74. The Bertz CT molecular complexity index is 381. The van der Waals surface area contributed by atoms with Gasteiger partial charge in [0, 0.05) is 30.1 Å². The number of rotatable bonds is 7. The minimum Gasteiger partial charge on any atom is -0.389 e. The third kappa shape index (κ3) is 4.01. The van der Waals surface area contributed by atoms with Crippen molar-refractivity contribution in [1.29, 1.82) is 0 Å². The first-order valence-corrected chi connectivity index (χ1v) is 8.36. The van der Waals surface area contributed by atoms with E-state index in [0.717, 1.165) is 19.4 Å². The van der Waals surface area contributed by atoms with Crippen LogP contribution in [-0.2, 0) is 6.54 Å². The van der Waals surface area contributed by atoms with E-state index in [1.54, 1.807) is 0 Å². The molecule has 0 amide bonds. The highest BCUT2D eigenvalue weighted by molar-refractivity contribution is 7.11. The van der Waals surface area contributed by atoms with Crippen LogP contribution in [0.2, 0.25) is 0 Å². The summed E-state index contributed by atoms with van der Waals surface area (Å²) in [7, 11) is 0. The quantitative estimate of drug-likeness (QED) is 0.805. The van der Waals surface area contributed by atoms with Crippen LogP contribution >= 0.6 is 11.3 Å². The van der Waals surface area contributed by atoms with Crippen molar-refractivity contribution in [3.8, 4) is 0 Å². The van der Waals surface area contributed by atoms with Crippen LogP contribution < -0.4 is 5.32 Å². The predicted molar refractivity (Wildman–Crippen MR) is 80.6 cm³/mol. The normalized spacial score (nSPS) is 17.2. The van der Waals surface area contributed by atoms with Gasteiger partial charge in [-0.25, -0.2) is 4.98 Å². The minimum absolute atomic E-state index is 0.557. The molecule has 1 aromatic rings. The van der Waals surface area contributed by atoms with Crippen molar-refractivity contribution in [3.05, 3.63) is 16.1 Å². The molecule has 4 heteroatoms. The van der Waals surface area contributed by atoms with Gasteiger partial charge < -0.3 is 10.4 Å². The van der Waals surface area contributed by atoms with Gasteiger partial charge in [-0.05, 0) is 25.7 Å². The molecule has 0 unspecified atom stereocenters. The summed E-state index contributed by atoms with van der Waals surface area (Å²) in [6.07, 6.45) is 8.94. The number of hydrogen-bond donors (Lipinski definition) is 2. The van der Waals surface area contributed by atoms with Gasteiger partial charge in [-0.15, -0.1) is 11.3 Å². The van der Waals surface area contributed by atoms with Crippen LogP contribution in [0.5, 0.6) is 0 Å². The molecule has 0 radical (unpaired) electrons. The second kappa shape index (κ2) is 6.82. The molecule has 2 rings (SSSR count). The van der Waals surface area contributed by atoms with Crippen molar-refractivity contribution in [2.24, 2.45) is 0 Å². The van der Waals surface area contributed by atoms with Crippen molar-refractivity contribution in [2.75, 3.05) is 6.54 Å². The second-order valence-electron chi connectivity index (χ2n) is 5.68. The molecule has 2 N–H and O–H groups in total. The Kier molecular flexibility index (Phi) is 5.37. The van der Waals surface area contributed by atoms with Gasteiger partial charge in [-0.3, -0.25) is 0 Å². The van der Waals surface area contributed by atoms with Gasteiger partial charge >= 0.3 is 0 Å². The molecule has 3 nitrogen and oxygen atoms in total. The fourth-order valence-electron chi connectivity index (χ4n) is 2.68. The minimum atomic E-state index is -0.557. The van der Waals surface area contributed by atoms with Gasteiger partial charge in [0.2, 0.25) is 0 Å². The largest absolute Gasteiger partial charge is 0.389 e. The van der Waals surface area contributed by atoms with E-state index >= 15 is 0 Å².